The molecule has 0 radical (unpaired) electrons. The van der Waals surface area contributed by atoms with Gasteiger partial charge in [-0.3, -0.25) is 4.79 Å². The standard InChI is InChI=1S/C17H19N5O3/c1-10-13-8-12(9-18-16(13)25-20-10)17(23)22-7-5-3-4-6-14(22)15-19-11(2)24-21-15/h8-9,14H,3-7H2,1-2H3/t14-/m0/s1. The lowest BCUT2D eigenvalue weighted by molar-refractivity contribution is 0.0670. The van der Waals surface area contributed by atoms with E-state index in [1.165, 1.54) is 0 Å². The molecule has 1 atom stereocenters. The molecule has 8 heteroatoms. The van der Waals surface area contributed by atoms with Crippen molar-refractivity contribution >= 4 is 17.0 Å². The molecule has 130 valence electrons. The minimum absolute atomic E-state index is 0.0793. The first kappa shape index (κ1) is 15.7. The van der Waals surface area contributed by atoms with Crippen LogP contribution in [0.25, 0.3) is 11.1 Å². The highest BCUT2D eigenvalue weighted by atomic mass is 16.5. The number of aromatic nitrogens is 4. The highest BCUT2D eigenvalue weighted by Gasteiger charge is 2.31. The molecule has 0 aromatic carbocycles. The van der Waals surface area contributed by atoms with E-state index in [2.05, 4.69) is 20.3 Å². The SMILES string of the molecule is Cc1nc([C@@H]2CCCCCN2C(=O)c2cnc3onc(C)c3c2)no1. The Labute approximate surface area is 144 Å². The second-order valence-electron chi connectivity index (χ2n) is 6.38. The summed E-state index contributed by atoms with van der Waals surface area (Å²) in [6.07, 6.45) is 5.44. The Morgan fingerprint density at radius 3 is 2.88 bits per heavy atom. The van der Waals surface area contributed by atoms with E-state index in [0.717, 1.165) is 36.8 Å². The van der Waals surface area contributed by atoms with E-state index in [-0.39, 0.29) is 11.9 Å². The fraction of sp³-hybridized carbons (Fsp3) is 0.471. The van der Waals surface area contributed by atoms with Crippen molar-refractivity contribution in [3.8, 4) is 0 Å². The van der Waals surface area contributed by atoms with E-state index in [4.69, 9.17) is 9.05 Å². The van der Waals surface area contributed by atoms with Gasteiger partial charge in [-0.25, -0.2) is 4.98 Å². The summed E-state index contributed by atoms with van der Waals surface area (Å²) in [7, 11) is 0. The number of rotatable bonds is 2. The van der Waals surface area contributed by atoms with Crippen molar-refractivity contribution in [2.24, 2.45) is 0 Å². The average Bonchev–Trinajstić information content (AvgIpc) is 3.12. The molecule has 0 N–H and O–H groups in total. The van der Waals surface area contributed by atoms with E-state index < -0.39 is 0 Å². The zero-order chi connectivity index (χ0) is 17.4. The number of likely N-dealkylation sites (tertiary alicyclic amines) is 1. The van der Waals surface area contributed by atoms with Crippen molar-refractivity contribution in [3.05, 3.63) is 35.2 Å². The van der Waals surface area contributed by atoms with Gasteiger partial charge in [-0.1, -0.05) is 23.2 Å². The molecular formula is C17H19N5O3. The zero-order valence-electron chi connectivity index (χ0n) is 14.2. The Bertz CT molecular complexity index is 916. The lowest BCUT2D eigenvalue weighted by atomic mass is 10.1. The van der Waals surface area contributed by atoms with Gasteiger partial charge in [-0.05, 0) is 25.8 Å². The Balaban J connectivity index is 1.70. The second kappa shape index (κ2) is 6.27. The molecule has 0 aliphatic carbocycles. The molecule has 0 bridgehead atoms. The largest absolute Gasteiger partial charge is 0.340 e. The van der Waals surface area contributed by atoms with Gasteiger partial charge in [0, 0.05) is 19.7 Å². The van der Waals surface area contributed by atoms with Gasteiger partial charge in [-0.15, -0.1) is 0 Å². The van der Waals surface area contributed by atoms with Crippen LogP contribution in [0.5, 0.6) is 0 Å². The summed E-state index contributed by atoms with van der Waals surface area (Å²) in [4.78, 5) is 23.6. The Morgan fingerprint density at radius 1 is 1.20 bits per heavy atom. The number of carbonyl (C=O) groups excluding carboxylic acids is 1. The Kier molecular flexibility index (Phi) is 3.95. The normalized spacial score (nSPS) is 18.5. The quantitative estimate of drug-likeness (QED) is 0.706. The first-order valence-electron chi connectivity index (χ1n) is 8.46. The minimum Gasteiger partial charge on any atom is -0.340 e. The molecule has 1 aliphatic rings. The van der Waals surface area contributed by atoms with Crippen LogP contribution in [0, 0.1) is 13.8 Å². The molecule has 4 heterocycles. The van der Waals surface area contributed by atoms with Crippen LogP contribution < -0.4 is 0 Å². The molecule has 8 nitrogen and oxygen atoms in total. The van der Waals surface area contributed by atoms with Crippen LogP contribution in [-0.2, 0) is 0 Å². The van der Waals surface area contributed by atoms with Crippen LogP contribution in [0.4, 0.5) is 0 Å². The first-order valence-corrected chi connectivity index (χ1v) is 8.46. The molecular weight excluding hydrogens is 322 g/mol. The van der Waals surface area contributed by atoms with Crippen molar-refractivity contribution in [2.45, 2.75) is 45.6 Å². The van der Waals surface area contributed by atoms with Crippen LogP contribution >= 0.6 is 0 Å². The van der Waals surface area contributed by atoms with E-state index in [1.54, 1.807) is 19.2 Å². The minimum atomic E-state index is -0.174. The van der Waals surface area contributed by atoms with Crippen molar-refractivity contribution in [2.75, 3.05) is 6.54 Å². The summed E-state index contributed by atoms with van der Waals surface area (Å²) in [5.41, 5.74) is 1.68. The molecule has 25 heavy (non-hydrogen) atoms. The highest BCUT2D eigenvalue weighted by molar-refractivity contribution is 5.97. The zero-order valence-corrected chi connectivity index (χ0v) is 14.2. The number of amides is 1. The second-order valence-corrected chi connectivity index (χ2v) is 6.38. The van der Waals surface area contributed by atoms with Crippen LogP contribution in [-0.4, -0.2) is 37.6 Å². The maximum Gasteiger partial charge on any atom is 0.257 e. The summed E-state index contributed by atoms with van der Waals surface area (Å²) in [6.45, 7) is 4.25. The van der Waals surface area contributed by atoms with Crippen molar-refractivity contribution in [3.63, 3.8) is 0 Å². The summed E-state index contributed by atoms with van der Waals surface area (Å²) < 4.78 is 10.2. The lowest BCUT2D eigenvalue weighted by Crippen LogP contribution is -2.35. The molecule has 1 fully saturated rings. The average molecular weight is 341 g/mol. The van der Waals surface area contributed by atoms with Gasteiger partial charge >= 0.3 is 0 Å². The number of carbonyl (C=O) groups is 1. The lowest BCUT2D eigenvalue weighted by Gasteiger charge is -2.27. The monoisotopic (exact) mass is 341 g/mol. The third kappa shape index (κ3) is 2.88. The van der Waals surface area contributed by atoms with Gasteiger partial charge in [0.25, 0.3) is 11.6 Å². The molecule has 0 spiro atoms. The fourth-order valence-electron chi connectivity index (χ4n) is 3.30. The van der Waals surface area contributed by atoms with Gasteiger partial charge in [0.2, 0.25) is 5.89 Å². The molecule has 1 amide bonds. The predicted octanol–water partition coefficient (Wildman–Crippen LogP) is 2.98. The predicted molar refractivity (Wildman–Crippen MR) is 87.8 cm³/mol. The maximum absolute atomic E-state index is 13.2. The summed E-state index contributed by atoms with van der Waals surface area (Å²) in [5.74, 6) is 1.00. The van der Waals surface area contributed by atoms with E-state index in [9.17, 15) is 4.79 Å². The molecule has 1 saturated heterocycles. The van der Waals surface area contributed by atoms with Crippen LogP contribution in [0.3, 0.4) is 0 Å². The van der Waals surface area contributed by atoms with Crippen molar-refractivity contribution in [1.82, 2.24) is 25.2 Å². The van der Waals surface area contributed by atoms with Gasteiger partial charge in [-0.2, -0.15) is 4.98 Å². The number of nitrogens with zero attached hydrogens (tertiary/aromatic N) is 5. The van der Waals surface area contributed by atoms with Crippen molar-refractivity contribution < 1.29 is 13.8 Å². The highest BCUT2D eigenvalue weighted by Crippen LogP contribution is 2.30. The number of hydrogen-bond donors (Lipinski definition) is 0. The first-order chi connectivity index (χ1) is 12.1. The molecule has 0 unspecified atom stereocenters. The van der Waals surface area contributed by atoms with E-state index >= 15 is 0 Å². The fourth-order valence-corrected chi connectivity index (χ4v) is 3.30. The Hall–Kier alpha value is -2.77. The van der Waals surface area contributed by atoms with Crippen LogP contribution in [0.2, 0.25) is 0 Å². The van der Waals surface area contributed by atoms with E-state index in [0.29, 0.717) is 29.5 Å². The molecule has 3 aromatic rings. The van der Waals surface area contributed by atoms with Gasteiger partial charge in [0.1, 0.15) is 0 Å². The maximum atomic E-state index is 13.2. The number of fused-ring (bicyclic) bond motifs is 1. The summed E-state index contributed by atoms with van der Waals surface area (Å²) in [6, 6.07) is 1.62. The number of aryl methyl sites for hydroxylation is 2. The summed E-state index contributed by atoms with van der Waals surface area (Å²) in [5, 5.41) is 8.69. The third-order valence-electron chi connectivity index (χ3n) is 4.61. The Morgan fingerprint density at radius 2 is 2.08 bits per heavy atom. The molecule has 4 rings (SSSR count). The smallest absolute Gasteiger partial charge is 0.257 e. The van der Waals surface area contributed by atoms with Crippen LogP contribution in [0.15, 0.2) is 21.3 Å². The molecule has 1 aliphatic heterocycles. The topological polar surface area (TPSA) is 98.2 Å². The number of pyridine rings is 1. The number of hydrogen-bond acceptors (Lipinski definition) is 7. The van der Waals surface area contributed by atoms with Gasteiger partial charge in [0.05, 0.1) is 22.7 Å². The van der Waals surface area contributed by atoms with Crippen LogP contribution in [0.1, 0.15) is 59.5 Å². The van der Waals surface area contributed by atoms with Crippen molar-refractivity contribution in [1.29, 1.82) is 0 Å². The summed E-state index contributed by atoms with van der Waals surface area (Å²) >= 11 is 0. The van der Waals surface area contributed by atoms with E-state index in [1.807, 2.05) is 11.8 Å². The molecule has 0 saturated carbocycles. The van der Waals surface area contributed by atoms with Gasteiger partial charge < -0.3 is 13.9 Å². The van der Waals surface area contributed by atoms with Gasteiger partial charge in [0.15, 0.2) is 5.82 Å². The molecule has 3 aromatic heterocycles. The third-order valence-corrected chi connectivity index (χ3v) is 4.61.